The van der Waals surface area contributed by atoms with Gasteiger partial charge < -0.3 is 0 Å². The first-order valence-corrected chi connectivity index (χ1v) is 273. The van der Waals surface area contributed by atoms with Crippen LogP contribution in [0.2, 0.25) is 0 Å². The van der Waals surface area contributed by atoms with Crippen LogP contribution in [-0.4, -0.2) is 4.93 Å². The molecule has 0 aromatic heterocycles. The molecule has 0 aromatic rings. The van der Waals surface area contributed by atoms with Crippen molar-refractivity contribution in [2.24, 2.45) is 0 Å². The number of hydrogen-bond donors (Lipinski definition) is 0. The fraction of sp³-hybridized carbons (Fsp3) is 1.00. The van der Waals surface area contributed by atoms with Crippen molar-refractivity contribution in [3.63, 3.8) is 0 Å². The molecule has 0 atom stereocenters. The summed E-state index contributed by atoms with van der Waals surface area (Å²) in [4.78, 5) is 2.73. The molecule has 0 aliphatic heterocycles. The van der Waals surface area contributed by atoms with Gasteiger partial charge >= 0.3 is 584 Å². The third-order valence-corrected chi connectivity index (χ3v) is 3260. The molecule has 0 aromatic carbocycles. The van der Waals surface area contributed by atoms with Crippen LogP contribution in [0.15, 0.2) is 0 Å². The number of hydrogen-bond acceptors (Lipinski definition) is 0. The van der Waals surface area contributed by atoms with Gasteiger partial charge in [0.05, 0.1) is 0 Å². The van der Waals surface area contributed by atoms with Gasteiger partial charge in [0.15, 0.2) is 0 Å². The molecule has 43 heteroatoms. The number of rotatable bonds is 20. The van der Waals surface area contributed by atoms with Crippen LogP contribution in [0.1, 0.15) is 0 Å². The third-order valence-electron chi connectivity index (χ3n) is 1.70. The molecule has 0 saturated carbocycles. The summed E-state index contributed by atoms with van der Waals surface area (Å²) in [5, 5.41) is 0. The molecule has 44 heavy (non-hydrogen) atoms. The second-order valence-corrected chi connectivity index (χ2v) is 1010. The molecule has 0 N–H and O–H groups in total. The predicted molar refractivity (Wildman–Crippen MR) is 609 cm³/mol. The van der Waals surface area contributed by atoms with Crippen LogP contribution >= 0.6 is 579 Å². The van der Waals surface area contributed by atoms with E-state index in [1.165, 1.54) is 0 Å². The van der Waals surface area contributed by atoms with E-state index < -0.39 is 170 Å². The Kier molecular flexibility index (Phi) is 77.1. The molecular weight excluding hydrogens is 5470 g/mol. The minimum absolute atomic E-state index is 0.443. The average Bonchev–Trinajstić information content (AvgIpc) is 3.00. The van der Waals surface area contributed by atoms with Crippen LogP contribution in [-0.2, 0) is 0 Å². The first-order valence-electron chi connectivity index (χ1n) is 6.38. The summed E-state index contributed by atoms with van der Waals surface area (Å²) >= 11 is 71.1. The third kappa shape index (κ3) is 31.0. The van der Waals surface area contributed by atoms with Gasteiger partial charge in [-0.2, -0.15) is 0 Å². The van der Waals surface area contributed by atoms with Gasteiger partial charge in [0, 0.05) is 0 Å². The Balaban J connectivity index is 5.48. The second kappa shape index (κ2) is 45.0. The number of halogens is 43. The van der Waals surface area contributed by atoms with E-state index in [0.717, 1.165) is 0 Å². The maximum atomic E-state index is 3.36. The predicted octanol–water partition coefficient (Wildman–Crippen LogP) is 38.3. The monoisotopic (exact) mass is 5470 g/mol. The van der Waals surface area contributed by atoms with Gasteiger partial charge in [0.25, 0.3) is 0 Å². The Labute approximate surface area is 550 Å². The molecule has 0 rings (SSSR count). The zero-order valence-corrected chi connectivity index (χ0v) is 110. The van der Waals surface area contributed by atoms with E-state index in [1.807, 2.05) is 0 Å². The van der Waals surface area contributed by atoms with Crippen molar-refractivity contribution in [1.29, 1.82) is 0 Å². The second-order valence-electron chi connectivity index (χ2n) is 3.58. The van der Waals surface area contributed by atoms with E-state index >= 15 is 0 Å². The Morgan fingerprint density at radius 1 is 0.182 bits per heavy atom. The molecule has 0 aliphatic rings. The van der Waals surface area contributed by atoms with Gasteiger partial charge in [-0.1, -0.05) is 0 Å². The summed E-state index contributed by atoms with van der Waals surface area (Å²) in [6.07, 6.45) is 0. The Hall–Kier alpha value is 31.4. The van der Waals surface area contributed by atoms with Crippen molar-refractivity contribution >= 4 is 579 Å². The first kappa shape index (κ1) is 75.4. The normalized spacial score (nSPS) is 18.8. The molecule has 0 nitrogen and oxygen atoms in total. The summed E-state index contributed by atoms with van der Waals surface area (Å²) < 4.78 is 0. The van der Waals surface area contributed by atoms with Crippen LogP contribution in [0.25, 0.3) is 0 Å². The van der Waals surface area contributed by atoms with E-state index in [1.54, 1.807) is 0 Å². The van der Waals surface area contributed by atoms with Crippen LogP contribution in [0, 0.1) is 0 Å². The van der Waals surface area contributed by atoms with Crippen molar-refractivity contribution in [3.8, 4) is 0 Å². The van der Waals surface area contributed by atoms with Gasteiger partial charge in [0.1, 0.15) is 0 Å². The SMILES string of the molecule is CI(I)I(I)I(I)I(I)I(I)I(I)I(I)I(I)I(I)I(I)I(I)I(I)I(I)I(I)I(I)I(I)I(I)I(I)I(I)I(I)I(I)I. The molecule has 0 spiro atoms. The van der Waals surface area contributed by atoms with Crippen molar-refractivity contribution < 1.29 is 0 Å². The van der Waals surface area contributed by atoms with E-state index in [-0.39, 0.29) is 0 Å². The van der Waals surface area contributed by atoms with E-state index in [2.05, 4.69) is 414 Å². The van der Waals surface area contributed by atoms with E-state index in [4.69, 9.17) is 0 Å². The molecular formula is CH3I43. The molecule has 0 amide bonds. The fourth-order valence-corrected chi connectivity index (χ4v) is 7840. The molecule has 0 bridgehead atoms. The minimum atomic E-state index is -0.556. The summed E-state index contributed by atoms with van der Waals surface area (Å²) in [5.41, 5.74) is 0. The number of alkyl halides is 1. The zero-order valence-electron chi connectivity index (χ0n) is 17.3. The van der Waals surface area contributed by atoms with Crippen LogP contribution in [0.5, 0.6) is 0 Å². The molecule has 0 saturated heterocycles. The van der Waals surface area contributed by atoms with Crippen LogP contribution in [0.4, 0.5) is 0 Å². The summed E-state index contributed by atoms with van der Waals surface area (Å²) in [6.45, 7) is 0. The molecule has 0 radical (unpaired) electrons. The summed E-state index contributed by atoms with van der Waals surface area (Å²) in [6, 6.07) is 0. The average molecular weight is 5470 g/mol. The van der Waals surface area contributed by atoms with Gasteiger partial charge in [-0.05, 0) is 0 Å². The van der Waals surface area contributed by atoms with Gasteiger partial charge in [-0.25, -0.2) is 0 Å². The van der Waals surface area contributed by atoms with Crippen molar-refractivity contribution in [2.45, 2.75) is 0 Å². The van der Waals surface area contributed by atoms with Crippen molar-refractivity contribution in [1.82, 2.24) is 0 Å². The fourth-order valence-electron chi connectivity index (χ4n) is 0.612. The quantitative estimate of drug-likeness (QED) is 0.0842. The summed E-state index contributed by atoms with van der Waals surface area (Å²) in [7, 11) is -10.3. The molecule has 0 aliphatic carbocycles. The Morgan fingerprint density at radius 3 is 0.409 bits per heavy atom. The van der Waals surface area contributed by atoms with Crippen molar-refractivity contribution in [3.05, 3.63) is 0 Å². The van der Waals surface area contributed by atoms with Gasteiger partial charge in [-0.15, -0.1) is 0 Å². The van der Waals surface area contributed by atoms with Gasteiger partial charge in [0.2, 0.25) is 0 Å². The van der Waals surface area contributed by atoms with Crippen LogP contribution < -0.4 is 0 Å². The molecule has 0 unspecified atom stereocenters. The van der Waals surface area contributed by atoms with Gasteiger partial charge in [-0.3, -0.25) is 0 Å². The topological polar surface area (TPSA) is 0 Å². The standard InChI is InChI=1S/CH3I43/c1-24(2)26(5)28(7)30(9)32(11)34(13)36(15)38(17)40(19)42(21)44(23)43(22)41(20)39(18)37(16)35(14)33(12)31(10)29(8)27(6)25(3)4/h1H3. The Morgan fingerprint density at radius 2 is 0.295 bits per heavy atom. The maximum absolute atomic E-state index is 3.36. The Bertz CT molecular complexity index is 694. The molecule has 0 fully saturated rings. The first-order chi connectivity index (χ1) is 19.9. The zero-order chi connectivity index (χ0) is 35.1. The summed E-state index contributed by atoms with van der Waals surface area (Å²) in [5.74, 6) is 0. The van der Waals surface area contributed by atoms with Crippen molar-refractivity contribution in [2.75, 3.05) is 4.93 Å². The van der Waals surface area contributed by atoms with Crippen LogP contribution in [0.3, 0.4) is 0 Å². The van der Waals surface area contributed by atoms with E-state index in [0.29, 0.717) is 0 Å². The molecule has 0 heterocycles. The molecule has 308 valence electrons. The van der Waals surface area contributed by atoms with E-state index in [9.17, 15) is 0 Å².